The Hall–Kier alpha value is -3.24. The molecule has 1 aromatic carbocycles. The van der Waals surface area contributed by atoms with Crippen LogP contribution in [0.25, 0.3) is 0 Å². The van der Waals surface area contributed by atoms with Gasteiger partial charge in [0.25, 0.3) is 0 Å². The zero-order valence-corrected chi connectivity index (χ0v) is 14.2. The number of oxime groups is 1. The van der Waals surface area contributed by atoms with Crippen molar-refractivity contribution in [1.82, 2.24) is 15.0 Å². The number of hydrogen-bond donors (Lipinski definition) is 0. The van der Waals surface area contributed by atoms with E-state index in [4.69, 9.17) is 9.57 Å². The van der Waals surface area contributed by atoms with Gasteiger partial charge in [0, 0.05) is 18.3 Å². The van der Waals surface area contributed by atoms with Gasteiger partial charge in [0.15, 0.2) is 11.6 Å². The van der Waals surface area contributed by atoms with Gasteiger partial charge < -0.3 is 14.5 Å². The average Bonchev–Trinajstić information content (AvgIpc) is 3.18. The van der Waals surface area contributed by atoms with Crippen molar-refractivity contribution in [3.05, 3.63) is 36.2 Å². The first-order valence-corrected chi connectivity index (χ1v) is 8.32. The molecule has 4 rings (SSSR count). The van der Waals surface area contributed by atoms with Crippen molar-refractivity contribution in [3.63, 3.8) is 0 Å². The Kier molecular flexibility index (Phi) is 4.57. The summed E-state index contributed by atoms with van der Waals surface area (Å²) in [4.78, 5) is 19.7. The van der Waals surface area contributed by atoms with E-state index in [2.05, 4.69) is 15.5 Å². The maximum absolute atomic E-state index is 14.6. The van der Waals surface area contributed by atoms with Crippen LogP contribution >= 0.6 is 0 Å². The minimum Gasteiger partial charge on any atom is -0.442 e. The standard InChI is InChI=1S/C16H16F2N6O3/c17-13-7-11(8-14(18)15(13)22-3-2-20-26-6-5-22)24-10-12(27-16(24)25)9-23-4-1-19-21-23/h1-2,4,7-8,12H,3,5-6,9-10H2/t12-/m0/s1. The summed E-state index contributed by atoms with van der Waals surface area (Å²) in [5, 5.41) is 11.1. The molecular weight excluding hydrogens is 362 g/mol. The molecule has 2 aromatic rings. The van der Waals surface area contributed by atoms with Gasteiger partial charge in [-0.3, -0.25) is 4.90 Å². The molecule has 142 valence electrons. The number of amides is 1. The molecule has 1 saturated heterocycles. The van der Waals surface area contributed by atoms with E-state index < -0.39 is 23.8 Å². The fourth-order valence-corrected chi connectivity index (χ4v) is 3.06. The molecule has 0 radical (unpaired) electrons. The number of rotatable bonds is 4. The highest BCUT2D eigenvalue weighted by atomic mass is 19.1. The fraction of sp³-hybridized carbons (Fsp3) is 0.375. The molecule has 27 heavy (non-hydrogen) atoms. The number of aromatic nitrogens is 3. The van der Waals surface area contributed by atoms with Crippen LogP contribution in [-0.2, 0) is 16.1 Å². The Morgan fingerprint density at radius 2 is 2.07 bits per heavy atom. The van der Waals surface area contributed by atoms with Crippen LogP contribution in [-0.4, -0.2) is 59.6 Å². The lowest BCUT2D eigenvalue weighted by molar-refractivity contribution is 0.129. The van der Waals surface area contributed by atoms with Crippen LogP contribution in [0.1, 0.15) is 0 Å². The molecule has 0 spiro atoms. The van der Waals surface area contributed by atoms with Crippen LogP contribution in [0.15, 0.2) is 29.7 Å². The van der Waals surface area contributed by atoms with Crippen LogP contribution in [0.4, 0.5) is 25.0 Å². The molecule has 11 heteroatoms. The lowest BCUT2D eigenvalue weighted by Gasteiger charge is -2.23. The van der Waals surface area contributed by atoms with Crippen molar-refractivity contribution in [2.24, 2.45) is 5.16 Å². The highest BCUT2D eigenvalue weighted by Gasteiger charge is 2.34. The van der Waals surface area contributed by atoms with Gasteiger partial charge in [-0.1, -0.05) is 10.4 Å². The van der Waals surface area contributed by atoms with Crippen LogP contribution in [0, 0.1) is 11.6 Å². The molecule has 1 fully saturated rings. The highest BCUT2D eigenvalue weighted by Crippen LogP contribution is 2.31. The molecule has 1 amide bonds. The highest BCUT2D eigenvalue weighted by molar-refractivity contribution is 5.90. The number of carbonyl (C=O) groups excluding carboxylic acids is 1. The molecule has 9 nitrogen and oxygen atoms in total. The van der Waals surface area contributed by atoms with Gasteiger partial charge in [0.2, 0.25) is 0 Å². The van der Waals surface area contributed by atoms with E-state index in [0.717, 1.165) is 12.1 Å². The van der Waals surface area contributed by atoms with Crippen molar-refractivity contribution in [2.75, 3.05) is 36.0 Å². The van der Waals surface area contributed by atoms with Gasteiger partial charge in [-0.05, 0) is 0 Å². The third kappa shape index (κ3) is 3.52. The van der Waals surface area contributed by atoms with Crippen LogP contribution in [0.3, 0.4) is 0 Å². The smallest absolute Gasteiger partial charge is 0.414 e. The van der Waals surface area contributed by atoms with Gasteiger partial charge in [-0.2, -0.15) is 0 Å². The number of halogens is 2. The normalized spacial score (nSPS) is 19.8. The molecule has 2 aliphatic heterocycles. The molecule has 1 aromatic heterocycles. The van der Waals surface area contributed by atoms with E-state index in [1.54, 1.807) is 6.20 Å². The maximum atomic E-state index is 14.6. The van der Waals surface area contributed by atoms with Crippen molar-refractivity contribution in [1.29, 1.82) is 0 Å². The minimum absolute atomic E-state index is 0.0968. The second-order valence-corrected chi connectivity index (χ2v) is 6.07. The van der Waals surface area contributed by atoms with Crippen LogP contribution in [0.5, 0.6) is 0 Å². The number of anilines is 2. The minimum atomic E-state index is -0.771. The van der Waals surface area contributed by atoms with Crippen LogP contribution < -0.4 is 9.80 Å². The first kappa shape index (κ1) is 17.2. The summed E-state index contributed by atoms with van der Waals surface area (Å²) in [6.45, 7) is 1.19. The summed E-state index contributed by atoms with van der Waals surface area (Å²) in [6.07, 6.45) is 3.42. The van der Waals surface area contributed by atoms with Crippen molar-refractivity contribution >= 4 is 23.7 Å². The van der Waals surface area contributed by atoms with E-state index in [0.29, 0.717) is 13.1 Å². The topological polar surface area (TPSA) is 85.1 Å². The number of benzene rings is 1. The molecule has 2 aliphatic rings. The number of carbonyl (C=O) groups is 1. The van der Waals surface area contributed by atoms with Crippen molar-refractivity contribution in [3.8, 4) is 0 Å². The Labute approximate surface area is 152 Å². The third-order valence-electron chi connectivity index (χ3n) is 4.27. The largest absolute Gasteiger partial charge is 0.442 e. The SMILES string of the molecule is O=C1O[C@@H](Cn2ccnn2)CN1c1cc(F)c(N2CC=NOCC2)c(F)c1. The summed E-state index contributed by atoms with van der Waals surface area (Å²) < 4.78 is 36.1. The zero-order chi connectivity index (χ0) is 18.8. The molecule has 1 atom stereocenters. The van der Waals surface area contributed by atoms with Gasteiger partial charge >= 0.3 is 6.09 Å². The molecule has 0 N–H and O–H groups in total. The molecule has 0 unspecified atom stereocenters. The first-order chi connectivity index (χ1) is 13.1. The number of nitrogens with zero attached hydrogens (tertiary/aromatic N) is 6. The van der Waals surface area contributed by atoms with E-state index in [-0.39, 0.29) is 31.1 Å². The quantitative estimate of drug-likeness (QED) is 0.800. The Morgan fingerprint density at radius 3 is 2.81 bits per heavy atom. The van der Waals surface area contributed by atoms with E-state index in [1.165, 1.54) is 26.9 Å². The third-order valence-corrected chi connectivity index (χ3v) is 4.27. The van der Waals surface area contributed by atoms with E-state index in [1.807, 2.05) is 0 Å². The summed E-state index contributed by atoms with van der Waals surface area (Å²) in [7, 11) is 0. The lowest BCUT2D eigenvalue weighted by Crippen LogP contribution is -2.30. The number of cyclic esters (lactones) is 1. The van der Waals surface area contributed by atoms with E-state index >= 15 is 0 Å². The summed E-state index contributed by atoms with van der Waals surface area (Å²) in [6, 6.07) is 2.25. The van der Waals surface area contributed by atoms with Gasteiger partial charge in [0.1, 0.15) is 18.4 Å². The second-order valence-electron chi connectivity index (χ2n) is 6.07. The maximum Gasteiger partial charge on any atom is 0.414 e. The Balaban J connectivity index is 1.53. The van der Waals surface area contributed by atoms with Crippen molar-refractivity contribution in [2.45, 2.75) is 12.6 Å². The zero-order valence-electron chi connectivity index (χ0n) is 14.2. The number of hydrogen-bond acceptors (Lipinski definition) is 7. The predicted molar refractivity (Wildman–Crippen MR) is 90.7 cm³/mol. The average molecular weight is 378 g/mol. The van der Waals surface area contributed by atoms with Gasteiger partial charge in [0.05, 0.1) is 44.3 Å². The monoisotopic (exact) mass is 378 g/mol. The summed E-state index contributed by atoms with van der Waals surface area (Å²) >= 11 is 0. The van der Waals surface area contributed by atoms with Crippen molar-refractivity contribution < 1.29 is 23.1 Å². The van der Waals surface area contributed by atoms with E-state index in [9.17, 15) is 13.6 Å². The van der Waals surface area contributed by atoms with Crippen LogP contribution in [0.2, 0.25) is 0 Å². The molecule has 3 heterocycles. The van der Waals surface area contributed by atoms with Gasteiger partial charge in [-0.25, -0.2) is 18.3 Å². The Bertz CT molecular complexity index is 837. The number of ether oxygens (including phenoxy) is 1. The molecular formula is C16H16F2N6O3. The fourth-order valence-electron chi connectivity index (χ4n) is 3.06. The second kappa shape index (κ2) is 7.17. The van der Waals surface area contributed by atoms with Gasteiger partial charge in [-0.15, -0.1) is 5.10 Å². The Morgan fingerprint density at radius 1 is 1.26 bits per heavy atom. The summed E-state index contributed by atoms with van der Waals surface area (Å²) in [5.41, 5.74) is -0.0815. The molecule has 0 bridgehead atoms. The predicted octanol–water partition coefficient (Wildman–Crippen LogP) is 1.40. The molecule has 0 aliphatic carbocycles. The molecule has 0 saturated carbocycles. The first-order valence-electron chi connectivity index (χ1n) is 8.32. The lowest BCUT2D eigenvalue weighted by atomic mass is 10.2. The summed E-state index contributed by atoms with van der Waals surface area (Å²) in [5.74, 6) is -1.54.